The maximum atomic E-state index is 14.2. The van der Waals surface area contributed by atoms with Crippen LogP contribution in [0.1, 0.15) is 50.1 Å². The number of nitro groups is 1. The smallest absolute Gasteiger partial charge is 0.258 e. The fraction of sp³-hybridized carbons (Fsp3) is 0.268. The lowest BCUT2D eigenvalue weighted by Crippen LogP contribution is -2.75. The van der Waals surface area contributed by atoms with E-state index in [4.69, 9.17) is 0 Å². The van der Waals surface area contributed by atoms with Crippen molar-refractivity contribution in [3.8, 4) is 0 Å². The molecular weight excluding hydrogens is 1040 g/mol. The van der Waals surface area contributed by atoms with E-state index in [-0.39, 0.29) is 21.5 Å². The molecule has 5 rings (SSSR count). The molecule has 0 unspecified atom stereocenters. The van der Waals surface area contributed by atoms with Gasteiger partial charge in [-0.25, -0.2) is 0 Å². The van der Waals surface area contributed by atoms with Gasteiger partial charge < -0.3 is 0 Å². The Hall–Kier alpha value is -5.77. The van der Waals surface area contributed by atoms with E-state index in [9.17, 15) is 115 Å². The van der Waals surface area contributed by atoms with Gasteiger partial charge in [0.1, 0.15) is 11.9 Å². The Morgan fingerprint density at radius 2 is 0.600 bits per heavy atom. The lowest BCUT2D eigenvalue weighted by molar-refractivity contribution is -0.384. The molecule has 3 nitrogen and oxygen atoms in total. The van der Waals surface area contributed by atoms with E-state index in [1.165, 1.54) is 6.07 Å². The summed E-state index contributed by atoms with van der Waals surface area (Å²) in [5, 5.41) is 10.4. The lowest BCUT2D eigenvalue weighted by Gasteiger charge is -2.46. The van der Waals surface area contributed by atoms with Crippen molar-refractivity contribution in [3.05, 3.63) is 157 Å². The normalized spacial score (nSPS) is 13.6. The SMILES string of the molecule is C[S+](C)Cc1cccc([N+](=O)[O-])c1.FC(F)(F)c1cc([B-](c2cc(C(F)(F)F)cc(C(F)(F)F)c2)(c2cc(C(F)(F)F)cc(C(F)(F)F)c2)c2cc(C(F)(F)F)cc(C(F)(F)F)c2)cc(C(F)(F)F)c1. The molecule has 0 aliphatic carbocycles. The minimum atomic E-state index is -6.13. The van der Waals surface area contributed by atoms with E-state index in [2.05, 4.69) is 12.5 Å². The number of benzene rings is 5. The summed E-state index contributed by atoms with van der Waals surface area (Å²) in [5.74, 6) is 0.918. The molecule has 0 N–H and O–H groups in total. The first kappa shape index (κ1) is 56.8. The van der Waals surface area contributed by atoms with Gasteiger partial charge in [-0.1, -0.05) is 60.7 Å². The van der Waals surface area contributed by atoms with Gasteiger partial charge in [0, 0.05) is 17.7 Å². The molecule has 0 aliphatic rings. The van der Waals surface area contributed by atoms with Gasteiger partial charge in [0.05, 0.1) is 61.9 Å². The van der Waals surface area contributed by atoms with Crippen LogP contribution in [0.3, 0.4) is 0 Å². The second-order valence-corrected chi connectivity index (χ2v) is 17.5. The minimum Gasteiger partial charge on any atom is -0.258 e. The molecule has 0 spiro atoms. The quantitative estimate of drug-likeness (QED) is 0.0536. The molecule has 0 aliphatic heterocycles. The second-order valence-electron chi connectivity index (χ2n) is 15.3. The minimum absolute atomic E-state index is 0.183. The fourth-order valence-electron chi connectivity index (χ4n) is 7.16. The molecule has 70 heavy (non-hydrogen) atoms. The summed E-state index contributed by atoms with van der Waals surface area (Å²) in [6, 6.07) is -1.98. The van der Waals surface area contributed by atoms with Gasteiger partial charge >= 0.3 is 49.4 Å². The van der Waals surface area contributed by atoms with Gasteiger partial charge in [-0.3, -0.25) is 10.1 Å². The van der Waals surface area contributed by atoms with Gasteiger partial charge in [-0.2, -0.15) is 127 Å². The third kappa shape index (κ3) is 13.3. The highest BCUT2D eigenvalue weighted by atomic mass is 32.2. The van der Waals surface area contributed by atoms with Crippen molar-refractivity contribution < 1.29 is 110 Å². The second kappa shape index (κ2) is 19.1. The number of halogens is 24. The fourth-order valence-corrected chi connectivity index (χ4v) is 8.01. The first-order chi connectivity index (χ1) is 31.4. The van der Waals surface area contributed by atoms with E-state index in [0.717, 1.165) is 11.3 Å². The molecule has 5 aromatic carbocycles. The van der Waals surface area contributed by atoms with Crippen LogP contribution < -0.4 is 21.9 Å². The number of nitro benzene ring substituents is 1. The Morgan fingerprint density at radius 3 is 0.771 bits per heavy atom. The van der Waals surface area contributed by atoms with Crippen molar-refractivity contribution in [1.29, 1.82) is 0 Å². The first-order valence-electron chi connectivity index (χ1n) is 18.5. The highest BCUT2D eigenvalue weighted by Crippen LogP contribution is 2.41. The maximum absolute atomic E-state index is 14.2. The number of nitrogens with zero attached hydrogens (tertiary/aromatic N) is 1. The van der Waals surface area contributed by atoms with Crippen LogP contribution in [0.15, 0.2) is 97.1 Å². The monoisotopic (exact) mass is 1060 g/mol. The Balaban J connectivity index is 0.000000707. The molecule has 0 saturated carbocycles. The number of rotatable bonds is 7. The number of hydrogen-bond donors (Lipinski definition) is 0. The van der Waals surface area contributed by atoms with Gasteiger partial charge in [0.2, 0.25) is 0 Å². The molecule has 0 saturated heterocycles. The third-order valence-electron chi connectivity index (χ3n) is 10.0. The molecule has 0 fully saturated rings. The summed E-state index contributed by atoms with van der Waals surface area (Å²) in [5.41, 5.74) is -29.0. The van der Waals surface area contributed by atoms with Crippen LogP contribution in [0.25, 0.3) is 0 Å². The third-order valence-corrected chi connectivity index (χ3v) is 10.9. The summed E-state index contributed by atoms with van der Waals surface area (Å²) in [6.45, 7) is 0. The van der Waals surface area contributed by atoms with Gasteiger partial charge in [0.25, 0.3) is 5.69 Å². The summed E-state index contributed by atoms with van der Waals surface area (Å²) < 4.78 is 341. The van der Waals surface area contributed by atoms with Crippen molar-refractivity contribution in [2.75, 3.05) is 12.5 Å². The molecule has 0 aromatic heterocycles. The number of non-ortho nitro benzene ring substituents is 1. The first-order valence-corrected chi connectivity index (χ1v) is 20.7. The van der Waals surface area contributed by atoms with E-state index < -0.39 is 195 Å². The number of alkyl halides is 24. The number of hydrogen-bond acceptors (Lipinski definition) is 2. The van der Waals surface area contributed by atoms with Crippen LogP contribution in [0.2, 0.25) is 0 Å². The van der Waals surface area contributed by atoms with Crippen LogP contribution in [-0.4, -0.2) is 23.6 Å². The average molecular weight is 1060 g/mol. The van der Waals surface area contributed by atoms with Gasteiger partial charge in [-0.05, 0) is 35.2 Å². The van der Waals surface area contributed by atoms with Crippen LogP contribution in [0.4, 0.5) is 111 Å². The molecule has 0 heterocycles. The molecule has 29 heteroatoms. The van der Waals surface area contributed by atoms with E-state index in [1.807, 2.05) is 6.07 Å². The molecule has 0 radical (unpaired) electrons. The zero-order valence-electron chi connectivity index (χ0n) is 34.3. The molecule has 5 aromatic rings. The Bertz CT molecular complexity index is 2270. The lowest BCUT2D eigenvalue weighted by atomic mass is 9.12. The van der Waals surface area contributed by atoms with Crippen molar-refractivity contribution in [1.82, 2.24) is 0 Å². The summed E-state index contributed by atoms with van der Waals surface area (Å²) in [7, 11) is 0.289. The Kier molecular flexibility index (Phi) is 15.5. The molecule has 0 bridgehead atoms. The van der Waals surface area contributed by atoms with E-state index in [1.54, 1.807) is 12.1 Å². The van der Waals surface area contributed by atoms with Gasteiger partial charge in [-0.15, -0.1) is 0 Å². The van der Waals surface area contributed by atoms with Crippen molar-refractivity contribution in [2.45, 2.75) is 55.2 Å². The van der Waals surface area contributed by atoms with Crippen LogP contribution in [0.5, 0.6) is 0 Å². The highest BCUT2D eigenvalue weighted by Gasteiger charge is 2.47. The summed E-state index contributed by atoms with van der Waals surface area (Å²) in [6.07, 6.45) is -50.6. The standard InChI is InChI=1S/C32H12BF24.C9H12NO2S/c34-25(35,36)13-1-14(26(37,38)39)6-21(5-13)33(22-7-15(27(40,41)42)2-16(8-22)28(43,44)45,23-9-17(29(46,47)48)3-18(10-23)30(49,50)51)24-11-19(31(52,53)54)4-20(12-24)32(55,56)57;1-13(2)7-8-4-3-5-9(6-8)10(11)12/h1-12H;3-6H,7H2,1-2H3/q-1;+1. The average Bonchev–Trinajstić information content (AvgIpc) is 3.18. The Labute approximate surface area is 379 Å². The van der Waals surface area contributed by atoms with Crippen molar-refractivity contribution in [3.63, 3.8) is 0 Å². The van der Waals surface area contributed by atoms with E-state index >= 15 is 0 Å². The van der Waals surface area contributed by atoms with Crippen LogP contribution in [-0.2, 0) is 66.1 Å². The molecule has 0 amide bonds. The largest absolute Gasteiger partial charge is 0.416 e. The molecular formula is C41H24BF24NO2S. The van der Waals surface area contributed by atoms with Crippen molar-refractivity contribution in [2.24, 2.45) is 0 Å². The maximum Gasteiger partial charge on any atom is 0.416 e. The predicted octanol–water partition coefficient (Wildman–Crippen LogP) is 13.2. The Morgan fingerprint density at radius 1 is 0.386 bits per heavy atom. The summed E-state index contributed by atoms with van der Waals surface area (Å²) in [4.78, 5) is 10.1. The highest BCUT2D eigenvalue weighted by molar-refractivity contribution is 7.94. The predicted molar refractivity (Wildman–Crippen MR) is 206 cm³/mol. The van der Waals surface area contributed by atoms with E-state index in [0.29, 0.717) is 0 Å². The molecule has 382 valence electrons. The zero-order valence-corrected chi connectivity index (χ0v) is 35.1. The topological polar surface area (TPSA) is 43.1 Å². The van der Waals surface area contributed by atoms with Gasteiger partial charge in [0.15, 0.2) is 0 Å². The van der Waals surface area contributed by atoms with Crippen molar-refractivity contribution >= 4 is 44.6 Å². The summed E-state index contributed by atoms with van der Waals surface area (Å²) >= 11 is 0. The van der Waals surface area contributed by atoms with Crippen LogP contribution in [0, 0.1) is 10.1 Å². The van der Waals surface area contributed by atoms with Crippen LogP contribution >= 0.6 is 0 Å². The zero-order chi connectivity index (χ0) is 53.8. The molecule has 0 atom stereocenters.